The van der Waals surface area contributed by atoms with Crippen LogP contribution in [0.15, 0.2) is 72.3 Å². The smallest absolute Gasteiger partial charge is 0.323 e. The number of aromatic nitrogens is 1. The number of aliphatic carboxylic acids is 2. The molecule has 0 aliphatic rings. The second-order valence-electron chi connectivity index (χ2n) is 13.1. The molecule has 0 saturated carbocycles. The van der Waals surface area contributed by atoms with Crippen LogP contribution >= 0.6 is 45.3 Å². The summed E-state index contributed by atoms with van der Waals surface area (Å²) in [7, 11) is 0. The molecular weight excluding hydrogens is 755 g/mol. The number of nitriles is 1. The van der Waals surface area contributed by atoms with Gasteiger partial charge in [0.2, 0.25) is 0 Å². The number of carboxylic acids is 2. The minimum Gasteiger partial charge on any atom is -0.480 e. The largest absolute Gasteiger partial charge is 0.480 e. The molecule has 2 N–H and O–H groups in total. The molecule has 54 heavy (non-hydrogen) atoms. The van der Waals surface area contributed by atoms with Gasteiger partial charge in [0.25, 0.3) is 5.91 Å². The van der Waals surface area contributed by atoms with E-state index in [4.69, 9.17) is 0 Å². The SMILES string of the molecule is CCn1c2ccccc2c2cc(-c3cc(C)c(-c4cc(C)c(-c5cc(C)c(-c6cc(C)c(/C=C(\C#N)C(=O)N(CC(=O)O)CC(=O)O)s6)s5)s4)s3)ccc21. The number of amides is 1. The number of carboxylic acid groups (broad SMARTS) is 2. The maximum absolute atomic E-state index is 13.0. The highest BCUT2D eigenvalue weighted by Crippen LogP contribution is 2.49. The van der Waals surface area contributed by atoms with Crippen molar-refractivity contribution in [1.29, 1.82) is 5.26 Å². The Balaban J connectivity index is 1.17. The number of rotatable bonds is 11. The first-order valence-electron chi connectivity index (χ1n) is 17.2. The maximum Gasteiger partial charge on any atom is 0.323 e. The van der Waals surface area contributed by atoms with Crippen LogP contribution < -0.4 is 0 Å². The zero-order valence-corrected chi connectivity index (χ0v) is 33.4. The number of thiophene rings is 4. The second-order valence-corrected chi connectivity index (χ2v) is 17.4. The molecule has 0 radical (unpaired) electrons. The Morgan fingerprint density at radius 2 is 1.22 bits per heavy atom. The van der Waals surface area contributed by atoms with Crippen molar-refractivity contribution >= 4 is 91.1 Å². The predicted octanol–water partition coefficient (Wildman–Crippen LogP) is 10.9. The Labute approximate surface area is 328 Å². The first-order chi connectivity index (χ1) is 25.9. The summed E-state index contributed by atoms with van der Waals surface area (Å²) in [5, 5.41) is 30.7. The number of fused-ring (bicyclic) bond motifs is 3. The molecule has 272 valence electrons. The minimum absolute atomic E-state index is 0.323. The van der Waals surface area contributed by atoms with Crippen LogP contribution in [0.1, 0.15) is 34.1 Å². The van der Waals surface area contributed by atoms with Crippen molar-refractivity contribution in [2.24, 2.45) is 0 Å². The lowest BCUT2D eigenvalue weighted by molar-refractivity contribution is -0.147. The topological polar surface area (TPSA) is 124 Å². The highest BCUT2D eigenvalue weighted by atomic mass is 32.1. The van der Waals surface area contributed by atoms with Crippen molar-refractivity contribution in [2.75, 3.05) is 13.1 Å². The average Bonchev–Trinajstić information content (AvgIpc) is 3.95. The summed E-state index contributed by atoms with van der Waals surface area (Å²) >= 11 is 6.76. The molecule has 1 amide bonds. The lowest BCUT2D eigenvalue weighted by Gasteiger charge is -2.17. The highest BCUT2D eigenvalue weighted by molar-refractivity contribution is 7.29. The highest BCUT2D eigenvalue weighted by Gasteiger charge is 2.24. The molecule has 0 atom stereocenters. The van der Waals surface area contributed by atoms with E-state index >= 15 is 0 Å². The van der Waals surface area contributed by atoms with Crippen LogP contribution in [-0.4, -0.2) is 50.6 Å². The number of nitrogens with zero attached hydrogens (tertiary/aromatic N) is 3. The lowest BCUT2D eigenvalue weighted by atomic mass is 10.1. The van der Waals surface area contributed by atoms with Crippen molar-refractivity contribution in [2.45, 2.75) is 41.2 Å². The fourth-order valence-corrected chi connectivity index (χ4v) is 11.9. The van der Waals surface area contributed by atoms with Crippen molar-refractivity contribution in [3.63, 3.8) is 0 Å². The van der Waals surface area contributed by atoms with Crippen molar-refractivity contribution in [3.05, 3.63) is 99.4 Å². The molecule has 2 aromatic carbocycles. The first kappa shape index (κ1) is 37.0. The molecule has 12 heteroatoms. The van der Waals surface area contributed by atoms with Gasteiger partial charge in [0.1, 0.15) is 24.7 Å². The lowest BCUT2D eigenvalue weighted by Crippen LogP contribution is -2.39. The van der Waals surface area contributed by atoms with Crippen LogP contribution in [-0.2, 0) is 20.9 Å². The van der Waals surface area contributed by atoms with E-state index in [0.29, 0.717) is 9.78 Å². The van der Waals surface area contributed by atoms with Gasteiger partial charge in [-0.15, -0.1) is 45.3 Å². The number of benzene rings is 2. The van der Waals surface area contributed by atoms with E-state index in [-0.39, 0.29) is 5.57 Å². The number of para-hydroxylation sites is 1. The van der Waals surface area contributed by atoms with E-state index in [1.54, 1.807) is 22.7 Å². The molecule has 5 aromatic heterocycles. The predicted molar refractivity (Wildman–Crippen MR) is 223 cm³/mol. The summed E-state index contributed by atoms with van der Waals surface area (Å²) in [5.74, 6) is -3.67. The van der Waals surface area contributed by atoms with Crippen molar-refractivity contribution in [1.82, 2.24) is 9.47 Å². The molecule has 0 aliphatic heterocycles. The molecular formula is C42H35N3O5S4. The molecule has 5 heterocycles. The van der Waals surface area contributed by atoms with Crippen LogP contribution in [0.25, 0.3) is 67.6 Å². The number of hydrogen-bond acceptors (Lipinski definition) is 8. The van der Waals surface area contributed by atoms with Crippen LogP contribution in [0.2, 0.25) is 0 Å². The Morgan fingerprint density at radius 1 is 0.704 bits per heavy atom. The number of carbonyl (C=O) groups excluding carboxylic acids is 1. The Hall–Kier alpha value is -5.32. The van der Waals surface area contributed by atoms with Gasteiger partial charge in [0.05, 0.1) is 0 Å². The van der Waals surface area contributed by atoms with E-state index in [1.165, 1.54) is 75.4 Å². The third-order valence-electron chi connectivity index (χ3n) is 9.32. The van der Waals surface area contributed by atoms with Gasteiger partial charge in [-0.25, -0.2) is 0 Å². The molecule has 0 aliphatic carbocycles. The van der Waals surface area contributed by atoms with Gasteiger partial charge in [-0.3, -0.25) is 14.4 Å². The van der Waals surface area contributed by atoms with Crippen molar-refractivity contribution in [3.8, 4) is 45.8 Å². The zero-order chi connectivity index (χ0) is 38.4. The number of carbonyl (C=O) groups is 3. The van der Waals surface area contributed by atoms with Crippen LogP contribution in [0, 0.1) is 39.0 Å². The van der Waals surface area contributed by atoms with Crippen molar-refractivity contribution < 1.29 is 24.6 Å². The summed E-state index contributed by atoms with van der Waals surface area (Å²) in [5.41, 5.74) is 7.83. The monoisotopic (exact) mass is 789 g/mol. The average molecular weight is 790 g/mol. The van der Waals surface area contributed by atoms with Gasteiger partial charge >= 0.3 is 11.9 Å². The normalized spacial score (nSPS) is 11.7. The first-order valence-corrected chi connectivity index (χ1v) is 20.4. The van der Waals surface area contributed by atoms with Gasteiger partial charge < -0.3 is 19.7 Å². The number of aryl methyl sites for hydroxylation is 5. The summed E-state index contributed by atoms with van der Waals surface area (Å²) < 4.78 is 2.38. The summed E-state index contributed by atoms with van der Waals surface area (Å²) in [6.45, 7) is 9.76. The molecule has 7 rings (SSSR count). The Morgan fingerprint density at radius 3 is 1.80 bits per heavy atom. The molecule has 0 spiro atoms. The zero-order valence-electron chi connectivity index (χ0n) is 30.1. The maximum atomic E-state index is 13.0. The van der Waals surface area contributed by atoms with Crippen LogP contribution in [0.5, 0.6) is 0 Å². The van der Waals surface area contributed by atoms with E-state index < -0.39 is 30.9 Å². The van der Waals surface area contributed by atoms with Gasteiger partial charge in [-0.2, -0.15) is 5.26 Å². The molecule has 0 fully saturated rings. The van der Waals surface area contributed by atoms with Gasteiger partial charge in [-0.05, 0) is 111 Å². The van der Waals surface area contributed by atoms with Gasteiger partial charge in [0.15, 0.2) is 0 Å². The van der Waals surface area contributed by atoms with Gasteiger partial charge in [0, 0.05) is 67.4 Å². The van der Waals surface area contributed by atoms with E-state index in [9.17, 15) is 29.9 Å². The summed E-state index contributed by atoms with van der Waals surface area (Å²) in [6, 6.07) is 26.1. The van der Waals surface area contributed by atoms with E-state index in [2.05, 4.69) is 92.9 Å². The van der Waals surface area contributed by atoms with Gasteiger partial charge in [-0.1, -0.05) is 24.3 Å². The third kappa shape index (κ3) is 6.92. The molecule has 8 nitrogen and oxygen atoms in total. The molecule has 0 saturated heterocycles. The molecule has 0 bridgehead atoms. The molecule has 0 unspecified atom stereocenters. The fourth-order valence-electron chi connectivity index (χ4n) is 6.81. The Bertz CT molecular complexity index is 2700. The summed E-state index contributed by atoms with van der Waals surface area (Å²) in [4.78, 5) is 45.1. The van der Waals surface area contributed by atoms with Crippen LogP contribution in [0.4, 0.5) is 0 Å². The third-order valence-corrected chi connectivity index (χ3v) is 14.8. The van der Waals surface area contributed by atoms with E-state index in [0.717, 1.165) is 32.3 Å². The standard InChI is InChI=1S/C42H35N3O5S4/c1-6-45-30-10-8-7-9-28(30)29-17-26(11-12-31(29)45)33-14-23(3)40(52-33)35-16-25(5)41(54-35)36-15-24(4)39(53-36)34-13-22(2)32(51-34)18-27(19-43)42(50)44(20-37(46)47)21-38(48)49/h7-18H,6,20-21H2,1-5H3,(H,46,47)(H,48,49)/b27-18+. The quantitative estimate of drug-likeness (QED) is 0.0993. The number of hydrogen-bond donors (Lipinski definition) is 2. The van der Waals surface area contributed by atoms with E-state index in [1.807, 2.05) is 30.4 Å². The minimum atomic E-state index is -1.37. The molecule has 7 aromatic rings. The van der Waals surface area contributed by atoms with Crippen LogP contribution in [0.3, 0.4) is 0 Å². The summed E-state index contributed by atoms with van der Waals surface area (Å²) in [6.07, 6.45) is 1.42. The Kier molecular flexibility index (Phi) is 10.2. The fraction of sp³-hybridized carbons (Fsp3) is 0.190. The second kappa shape index (κ2) is 14.8.